The number of anilines is 1. The summed E-state index contributed by atoms with van der Waals surface area (Å²) < 4.78 is 4.81. The highest BCUT2D eigenvalue weighted by Gasteiger charge is 2.06. The third-order valence-corrected chi connectivity index (χ3v) is 2.96. The van der Waals surface area contributed by atoms with Crippen molar-refractivity contribution in [3.05, 3.63) is 29.8 Å². The maximum atomic E-state index is 11.6. The lowest BCUT2D eigenvalue weighted by Gasteiger charge is -2.11. The Labute approximate surface area is 120 Å². The molecular weight excluding hydrogens is 256 g/mol. The predicted octanol–water partition coefficient (Wildman–Crippen LogP) is 2.33. The van der Waals surface area contributed by atoms with Crippen molar-refractivity contribution in [1.82, 2.24) is 5.32 Å². The van der Waals surface area contributed by atoms with Crippen LogP contribution < -0.4 is 10.6 Å². The van der Waals surface area contributed by atoms with E-state index in [1.807, 2.05) is 24.3 Å². The number of aliphatic hydroxyl groups is 1. The van der Waals surface area contributed by atoms with Gasteiger partial charge in [0.2, 0.25) is 0 Å². The van der Waals surface area contributed by atoms with Crippen LogP contribution in [0.4, 0.5) is 10.5 Å². The number of hydrogen-bond acceptors (Lipinski definition) is 3. The molecule has 0 radical (unpaired) electrons. The van der Waals surface area contributed by atoms with Gasteiger partial charge in [-0.05, 0) is 30.0 Å². The molecule has 1 aromatic rings. The van der Waals surface area contributed by atoms with E-state index < -0.39 is 6.10 Å². The fourth-order valence-electron chi connectivity index (χ4n) is 1.75. The van der Waals surface area contributed by atoms with Crippen molar-refractivity contribution in [2.45, 2.75) is 32.3 Å². The Morgan fingerprint density at radius 3 is 2.50 bits per heavy atom. The van der Waals surface area contributed by atoms with Gasteiger partial charge < -0.3 is 20.5 Å². The summed E-state index contributed by atoms with van der Waals surface area (Å²) in [5, 5.41) is 14.9. The highest BCUT2D eigenvalue weighted by atomic mass is 16.5. The minimum Gasteiger partial charge on any atom is -0.391 e. The van der Waals surface area contributed by atoms with E-state index in [0.29, 0.717) is 18.9 Å². The Morgan fingerprint density at radius 1 is 1.30 bits per heavy atom. The molecule has 0 heterocycles. The van der Waals surface area contributed by atoms with Gasteiger partial charge in [-0.2, -0.15) is 0 Å². The number of amides is 2. The molecule has 0 bridgehead atoms. The summed E-state index contributed by atoms with van der Waals surface area (Å²) in [6.45, 7) is 4.93. The van der Waals surface area contributed by atoms with Gasteiger partial charge in [0.05, 0.1) is 12.7 Å². The first-order chi connectivity index (χ1) is 9.52. The average Bonchev–Trinajstić information content (AvgIpc) is 2.39. The van der Waals surface area contributed by atoms with Crippen LogP contribution in [0.25, 0.3) is 0 Å². The molecule has 5 nitrogen and oxygen atoms in total. The smallest absolute Gasteiger partial charge is 0.319 e. The van der Waals surface area contributed by atoms with Crippen LogP contribution >= 0.6 is 0 Å². The number of nitrogens with one attached hydrogen (secondary N) is 2. The average molecular weight is 280 g/mol. The summed E-state index contributed by atoms with van der Waals surface area (Å²) in [5.41, 5.74) is 1.99. The molecule has 5 heteroatoms. The fourth-order valence-corrected chi connectivity index (χ4v) is 1.75. The lowest BCUT2D eigenvalue weighted by atomic mass is 10.0. The summed E-state index contributed by atoms with van der Waals surface area (Å²) in [6.07, 6.45) is -0.0845. The first-order valence-electron chi connectivity index (χ1n) is 6.84. The number of urea groups is 1. The van der Waals surface area contributed by atoms with Gasteiger partial charge in [0.25, 0.3) is 0 Å². The Hall–Kier alpha value is -1.59. The Kier molecular flexibility index (Phi) is 7.04. The Morgan fingerprint density at radius 2 is 1.95 bits per heavy atom. The molecule has 0 aliphatic rings. The second kappa shape index (κ2) is 8.55. The zero-order valence-electron chi connectivity index (χ0n) is 12.3. The molecule has 0 fully saturated rings. The maximum absolute atomic E-state index is 11.6. The molecule has 0 aromatic heterocycles. The van der Waals surface area contributed by atoms with Gasteiger partial charge >= 0.3 is 6.03 Å². The van der Waals surface area contributed by atoms with Crippen LogP contribution in [0.5, 0.6) is 0 Å². The van der Waals surface area contributed by atoms with Gasteiger partial charge in [-0.15, -0.1) is 0 Å². The number of benzene rings is 1. The monoisotopic (exact) mass is 280 g/mol. The molecular formula is C15H24N2O3. The third-order valence-electron chi connectivity index (χ3n) is 2.96. The molecule has 112 valence electrons. The van der Waals surface area contributed by atoms with E-state index in [-0.39, 0.29) is 12.6 Å². The Bertz CT molecular complexity index is 404. The van der Waals surface area contributed by atoms with Crippen LogP contribution in [-0.4, -0.2) is 37.5 Å². The van der Waals surface area contributed by atoms with E-state index in [1.165, 1.54) is 12.7 Å². The van der Waals surface area contributed by atoms with Crippen LogP contribution in [0.3, 0.4) is 0 Å². The second-order valence-corrected chi connectivity index (χ2v) is 5.06. The van der Waals surface area contributed by atoms with Gasteiger partial charge in [-0.3, -0.25) is 0 Å². The minimum atomic E-state index is -0.550. The van der Waals surface area contributed by atoms with Gasteiger partial charge in [-0.25, -0.2) is 4.79 Å². The number of hydrogen-bond donors (Lipinski definition) is 3. The van der Waals surface area contributed by atoms with E-state index in [9.17, 15) is 9.90 Å². The summed E-state index contributed by atoms with van der Waals surface area (Å²) >= 11 is 0. The summed E-state index contributed by atoms with van der Waals surface area (Å²) in [6, 6.07) is 7.50. The molecule has 2 amide bonds. The molecule has 20 heavy (non-hydrogen) atoms. The van der Waals surface area contributed by atoms with Gasteiger partial charge in [0.1, 0.15) is 0 Å². The molecule has 1 unspecified atom stereocenters. The van der Waals surface area contributed by atoms with Crippen molar-refractivity contribution < 1.29 is 14.6 Å². The molecule has 1 rings (SSSR count). The van der Waals surface area contributed by atoms with E-state index >= 15 is 0 Å². The zero-order chi connectivity index (χ0) is 15.0. The second-order valence-electron chi connectivity index (χ2n) is 5.06. The van der Waals surface area contributed by atoms with Crippen LogP contribution in [0.1, 0.15) is 31.7 Å². The Balaban J connectivity index is 2.31. The fraction of sp³-hybridized carbons (Fsp3) is 0.533. The molecule has 0 aliphatic heterocycles. The van der Waals surface area contributed by atoms with E-state index in [4.69, 9.17) is 4.74 Å². The normalized spacial score (nSPS) is 12.2. The predicted molar refractivity (Wildman–Crippen MR) is 80.1 cm³/mol. The van der Waals surface area contributed by atoms with E-state index in [1.54, 1.807) is 0 Å². The van der Waals surface area contributed by atoms with Crippen molar-refractivity contribution in [1.29, 1.82) is 0 Å². The zero-order valence-corrected chi connectivity index (χ0v) is 12.3. The number of rotatable bonds is 7. The number of aliphatic hydroxyl groups excluding tert-OH is 1. The molecule has 1 aromatic carbocycles. The molecule has 3 N–H and O–H groups in total. The summed E-state index contributed by atoms with van der Waals surface area (Å²) in [7, 11) is 1.53. The number of carbonyl (C=O) groups excluding carboxylic acids is 1. The highest BCUT2D eigenvalue weighted by molar-refractivity contribution is 5.89. The molecule has 0 aliphatic carbocycles. The third kappa shape index (κ3) is 6.04. The lowest BCUT2D eigenvalue weighted by molar-refractivity contribution is 0.0599. The van der Waals surface area contributed by atoms with Crippen LogP contribution in [-0.2, 0) is 4.74 Å². The van der Waals surface area contributed by atoms with Gasteiger partial charge in [0, 0.05) is 19.3 Å². The van der Waals surface area contributed by atoms with Crippen molar-refractivity contribution in [2.24, 2.45) is 0 Å². The summed E-state index contributed by atoms with van der Waals surface area (Å²) in [5.74, 6) is 0.472. The molecule has 0 spiro atoms. The molecule has 0 saturated carbocycles. The lowest BCUT2D eigenvalue weighted by Crippen LogP contribution is -2.32. The van der Waals surface area contributed by atoms with Crippen molar-refractivity contribution in [3.63, 3.8) is 0 Å². The first kappa shape index (κ1) is 16.5. The van der Waals surface area contributed by atoms with Crippen molar-refractivity contribution in [3.8, 4) is 0 Å². The number of methoxy groups -OCH3 is 1. The summed E-state index contributed by atoms with van der Waals surface area (Å²) in [4.78, 5) is 11.6. The van der Waals surface area contributed by atoms with Crippen molar-refractivity contribution in [2.75, 3.05) is 25.6 Å². The number of ether oxygens (including phenoxy) is 1. The highest BCUT2D eigenvalue weighted by Crippen LogP contribution is 2.16. The van der Waals surface area contributed by atoms with E-state index in [2.05, 4.69) is 24.5 Å². The topological polar surface area (TPSA) is 70.6 Å². The standard InChI is InChI=1S/C15H24N2O3/c1-11(2)12-4-6-13(7-5-12)17-15(19)16-9-8-14(18)10-20-3/h4-7,11,14,18H,8-10H2,1-3H3,(H2,16,17,19). The van der Waals surface area contributed by atoms with Crippen molar-refractivity contribution >= 4 is 11.7 Å². The molecule has 0 saturated heterocycles. The van der Waals surface area contributed by atoms with Crippen LogP contribution in [0.2, 0.25) is 0 Å². The van der Waals surface area contributed by atoms with Gasteiger partial charge in [0.15, 0.2) is 0 Å². The maximum Gasteiger partial charge on any atom is 0.319 e. The van der Waals surface area contributed by atoms with Gasteiger partial charge in [-0.1, -0.05) is 26.0 Å². The van der Waals surface area contributed by atoms with E-state index in [0.717, 1.165) is 5.69 Å². The SMILES string of the molecule is COCC(O)CCNC(=O)Nc1ccc(C(C)C)cc1. The largest absolute Gasteiger partial charge is 0.391 e. The van der Waals surface area contributed by atoms with Crippen LogP contribution in [0.15, 0.2) is 24.3 Å². The minimum absolute atomic E-state index is 0.271. The molecule has 1 atom stereocenters. The quantitative estimate of drug-likeness (QED) is 0.718. The number of carbonyl (C=O) groups is 1. The van der Waals surface area contributed by atoms with Crippen LogP contribution in [0, 0.1) is 0 Å². The first-order valence-corrected chi connectivity index (χ1v) is 6.84.